The van der Waals surface area contributed by atoms with Gasteiger partial charge in [-0.3, -0.25) is 15.7 Å². The molecule has 0 bridgehead atoms. The molecule has 1 aliphatic heterocycles. The molecular weight excluding hydrogens is 348 g/mol. The fraction of sp³-hybridized carbons (Fsp3) is 0.333. The van der Waals surface area contributed by atoms with Crippen molar-refractivity contribution >= 4 is 23.2 Å². The molecule has 2 aromatic heterocycles. The monoisotopic (exact) mass is 370 g/mol. The number of urea groups is 1. The topological polar surface area (TPSA) is 135 Å². The first kappa shape index (κ1) is 18.7. The standard InChI is InChI=1S/C18H22N6O3/c1-11-6-12(2-3-21-11)17(20)14-9-22-16(7-15(14)19)24-18(25)23-8-13-10-26-4-5-27-13/h2-3,6-7,9,13,20H,4-5,8,10H2,1H3,(H4,19,22,23,24,25)/t13-/m1/s1. The predicted molar refractivity (Wildman–Crippen MR) is 101 cm³/mol. The third-order valence-corrected chi connectivity index (χ3v) is 4.01. The van der Waals surface area contributed by atoms with Crippen LogP contribution >= 0.6 is 0 Å². The van der Waals surface area contributed by atoms with Crippen LogP contribution < -0.4 is 16.4 Å². The summed E-state index contributed by atoms with van der Waals surface area (Å²) in [5.74, 6) is 0.299. The SMILES string of the molecule is Cc1cc(C(=N)c2cnc(NC(=O)NC[C@@H]3COCCO3)cc2N)ccn1. The van der Waals surface area contributed by atoms with Gasteiger partial charge in [0.2, 0.25) is 0 Å². The van der Waals surface area contributed by atoms with Gasteiger partial charge in [0, 0.05) is 47.5 Å². The van der Waals surface area contributed by atoms with E-state index in [1.807, 2.05) is 6.92 Å². The van der Waals surface area contributed by atoms with Crippen molar-refractivity contribution in [2.75, 3.05) is 37.4 Å². The number of aryl methyl sites for hydroxylation is 1. The van der Waals surface area contributed by atoms with Gasteiger partial charge in [-0.05, 0) is 19.1 Å². The maximum absolute atomic E-state index is 12.0. The van der Waals surface area contributed by atoms with E-state index < -0.39 is 6.03 Å². The van der Waals surface area contributed by atoms with E-state index in [2.05, 4.69) is 20.6 Å². The van der Waals surface area contributed by atoms with Gasteiger partial charge in [-0.2, -0.15) is 0 Å². The molecule has 2 amide bonds. The molecule has 0 saturated carbocycles. The second kappa shape index (κ2) is 8.56. The van der Waals surface area contributed by atoms with Crippen molar-refractivity contribution in [3.63, 3.8) is 0 Å². The van der Waals surface area contributed by atoms with Crippen molar-refractivity contribution in [2.45, 2.75) is 13.0 Å². The Morgan fingerprint density at radius 1 is 1.37 bits per heavy atom. The summed E-state index contributed by atoms with van der Waals surface area (Å²) in [6.07, 6.45) is 2.96. The van der Waals surface area contributed by atoms with Gasteiger partial charge in [-0.15, -0.1) is 0 Å². The van der Waals surface area contributed by atoms with E-state index in [0.29, 0.717) is 49.0 Å². The summed E-state index contributed by atoms with van der Waals surface area (Å²) in [6, 6.07) is 4.66. The minimum atomic E-state index is -0.413. The van der Waals surface area contributed by atoms with Crippen LogP contribution in [-0.4, -0.2) is 54.2 Å². The van der Waals surface area contributed by atoms with Gasteiger partial charge >= 0.3 is 6.03 Å². The van der Waals surface area contributed by atoms with E-state index >= 15 is 0 Å². The smallest absolute Gasteiger partial charge is 0.320 e. The third-order valence-electron chi connectivity index (χ3n) is 4.01. The summed E-state index contributed by atoms with van der Waals surface area (Å²) in [7, 11) is 0. The predicted octanol–water partition coefficient (Wildman–Crippen LogP) is 1.32. The van der Waals surface area contributed by atoms with Gasteiger partial charge < -0.3 is 20.5 Å². The van der Waals surface area contributed by atoms with Crippen LogP contribution in [0.25, 0.3) is 0 Å². The fourth-order valence-corrected chi connectivity index (χ4v) is 2.63. The van der Waals surface area contributed by atoms with Gasteiger partial charge in [0.15, 0.2) is 0 Å². The van der Waals surface area contributed by atoms with Gasteiger partial charge in [-0.25, -0.2) is 9.78 Å². The van der Waals surface area contributed by atoms with Gasteiger partial charge in [0.25, 0.3) is 0 Å². The molecule has 0 aliphatic carbocycles. The van der Waals surface area contributed by atoms with Crippen molar-refractivity contribution in [2.24, 2.45) is 0 Å². The molecule has 1 saturated heterocycles. The number of pyridine rings is 2. The number of ether oxygens (including phenoxy) is 2. The van der Waals surface area contributed by atoms with Crippen LogP contribution in [0, 0.1) is 12.3 Å². The summed E-state index contributed by atoms with van der Waals surface area (Å²) in [6.45, 7) is 3.75. The second-order valence-electron chi connectivity index (χ2n) is 6.12. The molecule has 3 rings (SSSR count). The molecule has 1 fully saturated rings. The highest BCUT2D eigenvalue weighted by Crippen LogP contribution is 2.19. The van der Waals surface area contributed by atoms with E-state index in [-0.39, 0.29) is 11.8 Å². The minimum Gasteiger partial charge on any atom is -0.398 e. The highest BCUT2D eigenvalue weighted by Gasteiger charge is 2.16. The molecule has 0 radical (unpaired) electrons. The van der Waals surface area contributed by atoms with Crippen LogP contribution in [-0.2, 0) is 9.47 Å². The number of nitrogens with zero attached hydrogens (tertiary/aromatic N) is 2. The first-order chi connectivity index (χ1) is 13.0. The maximum Gasteiger partial charge on any atom is 0.320 e. The van der Waals surface area contributed by atoms with Crippen LogP contribution in [0.2, 0.25) is 0 Å². The zero-order chi connectivity index (χ0) is 19.2. The Hall–Kier alpha value is -3.04. The first-order valence-electron chi connectivity index (χ1n) is 8.54. The van der Waals surface area contributed by atoms with Crippen LogP contribution in [0.3, 0.4) is 0 Å². The van der Waals surface area contributed by atoms with Crippen molar-refractivity contribution in [1.82, 2.24) is 15.3 Å². The lowest BCUT2D eigenvalue weighted by Crippen LogP contribution is -2.41. The molecule has 1 aliphatic rings. The molecule has 27 heavy (non-hydrogen) atoms. The summed E-state index contributed by atoms with van der Waals surface area (Å²) >= 11 is 0. The number of nitrogen functional groups attached to an aromatic ring is 1. The number of rotatable bonds is 5. The number of aromatic nitrogens is 2. The quantitative estimate of drug-likeness (QED) is 0.586. The fourth-order valence-electron chi connectivity index (χ4n) is 2.63. The lowest BCUT2D eigenvalue weighted by Gasteiger charge is -2.23. The third kappa shape index (κ3) is 4.99. The molecule has 1 atom stereocenters. The number of carbonyl (C=O) groups excluding carboxylic acids is 1. The Morgan fingerprint density at radius 3 is 2.93 bits per heavy atom. The minimum absolute atomic E-state index is 0.158. The largest absolute Gasteiger partial charge is 0.398 e. The van der Waals surface area contributed by atoms with E-state index in [9.17, 15) is 4.79 Å². The van der Waals surface area contributed by atoms with Crippen molar-refractivity contribution in [3.8, 4) is 0 Å². The molecule has 0 spiro atoms. The van der Waals surface area contributed by atoms with E-state index in [1.54, 1.807) is 18.3 Å². The number of hydrogen-bond acceptors (Lipinski definition) is 7. The van der Waals surface area contributed by atoms with Gasteiger partial charge in [0.05, 0.1) is 31.6 Å². The van der Waals surface area contributed by atoms with Crippen LogP contribution in [0.5, 0.6) is 0 Å². The average Bonchev–Trinajstić information content (AvgIpc) is 2.67. The van der Waals surface area contributed by atoms with Crippen LogP contribution in [0.15, 0.2) is 30.6 Å². The van der Waals surface area contributed by atoms with Crippen molar-refractivity contribution < 1.29 is 14.3 Å². The van der Waals surface area contributed by atoms with E-state index in [1.165, 1.54) is 12.3 Å². The average molecular weight is 370 g/mol. The van der Waals surface area contributed by atoms with E-state index in [4.69, 9.17) is 20.6 Å². The maximum atomic E-state index is 12.0. The molecule has 3 heterocycles. The Labute approximate surface area is 156 Å². The Kier molecular flexibility index (Phi) is 5.94. The molecule has 0 unspecified atom stereocenters. The second-order valence-corrected chi connectivity index (χ2v) is 6.12. The van der Waals surface area contributed by atoms with Crippen LogP contribution in [0.1, 0.15) is 16.8 Å². The van der Waals surface area contributed by atoms with Gasteiger partial charge in [0.1, 0.15) is 5.82 Å². The summed E-state index contributed by atoms with van der Waals surface area (Å²) in [4.78, 5) is 20.3. The van der Waals surface area contributed by atoms with Crippen molar-refractivity contribution in [3.05, 3.63) is 47.4 Å². The summed E-state index contributed by atoms with van der Waals surface area (Å²) in [5, 5.41) is 13.7. The molecule has 5 N–H and O–H groups in total. The van der Waals surface area contributed by atoms with Gasteiger partial charge in [-0.1, -0.05) is 0 Å². The first-order valence-corrected chi connectivity index (χ1v) is 8.54. The van der Waals surface area contributed by atoms with Crippen molar-refractivity contribution in [1.29, 1.82) is 5.41 Å². The number of amides is 2. The van der Waals surface area contributed by atoms with Crippen LogP contribution in [0.4, 0.5) is 16.3 Å². The number of anilines is 2. The normalized spacial score (nSPS) is 16.6. The molecule has 9 nitrogen and oxygen atoms in total. The Morgan fingerprint density at radius 2 is 2.22 bits per heavy atom. The number of nitrogens with two attached hydrogens (primary N) is 1. The number of hydrogen-bond donors (Lipinski definition) is 4. The summed E-state index contributed by atoms with van der Waals surface area (Å²) < 4.78 is 10.7. The highest BCUT2D eigenvalue weighted by atomic mass is 16.6. The van der Waals surface area contributed by atoms with E-state index in [0.717, 1.165) is 5.69 Å². The Bertz CT molecular complexity index is 836. The summed E-state index contributed by atoms with van der Waals surface area (Å²) in [5.41, 5.74) is 8.65. The zero-order valence-electron chi connectivity index (χ0n) is 15.0. The number of carbonyl (C=O) groups is 1. The highest BCUT2D eigenvalue weighted by molar-refractivity contribution is 6.13. The Balaban J connectivity index is 1.60. The molecule has 2 aromatic rings. The number of nitrogens with one attached hydrogen (secondary N) is 3. The zero-order valence-corrected chi connectivity index (χ0v) is 15.0. The molecule has 142 valence electrons. The lowest BCUT2D eigenvalue weighted by atomic mass is 10.0. The molecule has 0 aromatic carbocycles. The molecular formula is C18H22N6O3. The molecule has 9 heteroatoms. The lowest BCUT2D eigenvalue weighted by molar-refractivity contribution is -0.0852.